The molecule has 0 spiro atoms. The molecule has 0 radical (unpaired) electrons. The second-order valence-corrected chi connectivity index (χ2v) is 7.14. The van der Waals surface area contributed by atoms with E-state index in [0.29, 0.717) is 24.0 Å². The van der Waals surface area contributed by atoms with Gasteiger partial charge in [-0.1, -0.05) is 61.9 Å². The minimum Gasteiger partial charge on any atom is -0.478 e. The summed E-state index contributed by atoms with van der Waals surface area (Å²) in [6.07, 6.45) is 3.52. The zero-order valence-electron chi connectivity index (χ0n) is 18.3. The highest BCUT2D eigenvalue weighted by molar-refractivity contribution is 5.87. The number of carboxylic acid groups (broad SMARTS) is 2. The predicted octanol–water partition coefficient (Wildman–Crippen LogP) is 5.02. The van der Waals surface area contributed by atoms with E-state index in [4.69, 9.17) is 15.3 Å². The Bertz CT molecular complexity index is 707. The van der Waals surface area contributed by atoms with Crippen LogP contribution in [0.2, 0.25) is 0 Å². The van der Waals surface area contributed by atoms with Crippen molar-refractivity contribution in [2.24, 2.45) is 0 Å². The highest BCUT2D eigenvalue weighted by atomic mass is 16.4. The number of hydrogen-bond donors (Lipinski definition) is 4. The first-order valence-corrected chi connectivity index (χ1v) is 10.3. The van der Waals surface area contributed by atoms with Gasteiger partial charge in [-0.15, -0.1) is 0 Å². The van der Waals surface area contributed by atoms with Gasteiger partial charge >= 0.3 is 11.9 Å². The first kappa shape index (κ1) is 28.0. The zero-order chi connectivity index (χ0) is 23.6. The van der Waals surface area contributed by atoms with E-state index < -0.39 is 24.1 Å². The van der Waals surface area contributed by atoms with E-state index in [1.54, 1.807) is 67.6 Å². The first-order valence-electron chi connectivity index (χ1n) is 10.3. The van der Waals surface area contributed by atoms with Gasteiger partial charge in [0.05, 0.1) is 23.3 Å². The molecule has 2 rings (SSSR count). The van der Waals surface area contributed by atoms with Gasteiger partial charge in [0.25, 0.3) is 0 Å². The third-order valence-electron chi connectivity index (χ3n) is 4.06. The summed E-state index contributed by atoms with van der Waals surface area (Å²) in [6.45, 7) is 7.73. The van der Waals surface area contributed by atoms with Gasteiger partial charge < -0.3 is 20.4 Å². The molecule has 0 saturated carbocycles. The average molecular weight is 431 g/mol. The molecule has 2 aromatic carbocycles. The Kier molecular flexibility index (Phi) is 15.2. The smallest absolute Gasteiger partial charge is 0.335 e. The maximum atomic E-state index is 10.2. The summed E-state index contributed by atoms with van der Waals surface area (Å²) >= 11 is 0. The quantitative estimate of drug-likeness (QED) is 0.415. The van der Waals surface area contributed by atoms with Gasteiger partial charge in [0.1, 0.15) is 0 Å². The Morgan fingerprint density at radius 1 is 0.871 bits per heavy atom. The number of benzene rings is 2. The lowest BCUT2D eigenvalue weighted by Crippen LogP contribution is -2.15. The molecule has 31 heavy (non-hydrogen) atoms. The van der Waals surface area contributed by atoms with Gasteiger partial charge in [0.15, 0.2) is 0 Å². The summed E-state index contributed by atoms with van der Waals surface area (Å²) in [4.78, 5) is 20.4. The number of carbonyl (C=O) groups is 2. The molecule has 170 valence electrons. The number of rotatable bonds is 9. The Morgan fingerprint density at radius 2 is 1.29 bits per heavy atom. The van der Waals surface area contributed by atoms with Crippen molar-refractivity contribution in [2.75, 3.05) is 0 Å². The monoisotopic (exact) mass is 430 g/mol. The molecule has 4 N–H and O–H groups in total. The van der Waals surface area contributed by atoms with Crippen LogP contribution in [0.15, 0.2) is 72.8 Å². The fourth-order valence-corrected chi connectivity index (χ4v) is 2.50. The Labute approximate surface area is 184 Å². The second kappa shape index (κ2) is 16.8. The third kappa shape index (κ3) is 15.5. The molecule has 2 unspecified atom stereocenters. The molecule has 0 heterocycles. The van der Waals surface area contributed by atoms with Crippen molar-refractivity contribution in [2.45, 2.75) is 58.2 Å². The SMILES string of the molecule is C=C(CCCC)CC(O)CC(C)O.O=C(O)c1ccccc1.O=C(O)c1ccccc1. The third-order valence-corrected chi connectivity index (χ3v) is 4.06. The fraction of sp³-hybridized carbons (Fsp3) is 0.360. The summed E-state index contributed by atoms with van der Waals surface area (Å²) in [5, 5.41) is 35.3. The number of aliphatic hydroxyl groups is 2. The Hall–Kier alpha value is -2.96. The Morgan fingerprint density at radius 3 is 1.58 bits per heavy atom. The van der Waals surface area contributed by atoms with Crippen molar-refractivity contribution in [3.05, 3.63) is 83.9 Å². The van der Waals surface area contributed by atoms with Crippen LogP contribution in [0.4, 0.5) is 0 Å². The van der Waals surface area contributed by atoms with E-state index in [-0.39, 0.29) is 0 Å². The molecular weight excluding hydrogens is 396 g/mol. The van der Waals surface area contributed by atoms with Crippen molar-refractivity contribution in [3.8, 4) is 0 Å². The van der Waals surface area contributed by atoms with Crippen LogP contribution in [-0.2, 0) is 0 Å². The fourth-order valence-electron chi connectivity index (χ4n) is 2.50. The van der Waals surface area contributed by atoms with Gasteiger partial charge in [-0.2, -0.15) is 0 Å². The maximum Gasteiger partial charge on any atom is 0.335 e. The number of hydrogen-bond acceptors (Lipinski definition) is 4. The lowest BCUT2D eigenvalue weighted by Gasteiger charge is -2.13. The topological polar surface area (TPSA) is 115 Å². The first-order chi connectivity index (χ1) is 14.7. The maximum absolute atomic E-state index is 10.2. The van der Waals surface area contributed by atoms with Gasteiger partial charge in [-0.05, 0) is 56.9 Å². The van der Waals surface area contributed by atoms with E-state index in [0.717, 1.165) is 24.8 Å². The number of carboxylic acids is 2. The normalized spacial score (nSPS) is 11.6. The van der Waals surface area contributed by atoms with E-state index in [1.807, 2.05) is 0 Å². The molecular formula is C25H34O6. The van der Waals surface area contributed by atoms with Crippen LogP contribution < -0.4 is 0 Å². The van der Waals surface area contributed by atoms with Crippen LogP contribution in [0.5, 0.6) is 0 Å². The van der Waals surface area contributed by atoms with E-state index in [9.17, 15) is 14.7 Å². The standard InChI is InChI=1S/C11H22O2.2C7H6O2/c1-4-5-6-9(2)7-11(13)8-10(3)12;2*8-7(9)6-4-2-1-3-5-6/h10-13H,2,4-8H2,1,3H3;2*1-5H,(H,8,9). The molecule has 0 aliphatic rings. The zero-order valence-corrected chi connectivity index (χ0v) is 18.3. The van der Waals surface area contributed by atoms with Crippen LogP contribution in [0.25, 0.3) is 0 Å². The van der Waals surface area contributed by atoms with Crippen molar-refractivity contribution in [1.29, 1.82) is 0 Å². The molecule has 0 aliphatic heterocycles. The van der Waals surface area contributed by atoms with E-state index in [1.165, 1.54) is 0 Å². The highest BCUT2D eigenvalue weighted by Gasteiger charge is 2.09. The molecule has 0 amide bonds. The molecule has 6 heteroatoms. The summed E-state index contributed by atoms with van der Waals surface area (Å²) < 4.78 is 0. The van der Waals surface area contributed by atoms with Crippen molar-refractivity contribution < 1.29 is 30.0 Å². The van der Waals surface area contributed by atoms with Gasteiger partial charge in [0, 0.05) is 0 Å². The highest BCUT2D eigenvalue weighted by Crippen LogP contribution is 2.14. The summed E-state index contributed by atoms with van der Waals surface area (Å²) in [5.74, 6) is -1.76. The minimum absolute atomic E-state index is 0.331. The molecule has 0 saturated heterocycles. The molecule has 0 fully saturated rings. The summed E-state index contributed by atoms with van der Waals surface area (Å²) in [7, 11) is 0. The van der Waals surface area contributed by atoms with Crippen molar-refractivity contribution >= 4 is 11.9 Å². The number of unbranched alkanes of at least 4 members (excludes halogenated alkanes) is 1. The second-order valence-electron chi connectivity index (χ2n) is 7.14. The van der Waals surface area contributed by atoms with Gasteiger partial charge in [-0.25, -0.2) is 9.59 Å². The van der Waals surface area contributed by atoms with E-state index >= 15 is 0 Å². The predicted molar refractivity (Wildman–Crippen MR) is 122 cm³/mol. The van der Waals surface area contributed by atoms with Gasteiger partial charge in [-0.3, -0.25) is 0 Å². The van der Waals surface area contributed by atoms with Crippen molar-refractivity contribution in [1.82, 2.24) is 0 Å². The van der Waals surface area contributed by atoms with Crippen LogP contribution in [-0.4, -0.2) is 44.6 Å². The lowest BCUT2D eigenvalue weighted by molar-refractivity contribution is 0.0686. The molecule has 6 nitrogen and oxygen atoms in total. The molecule has 0 aromatic heterocycles. The molecule has 2 aromatic rings. The minimum atomic E-state index is -0.879. The van der Waals surface area contributed by atoms with Crippen LogP contribution >= 0.6 is 0 Å². The summed E-state index contributed by atoms with van der Waals surface area (Å²) in [6, 6.07) is 16.6. The number of aromatic carboxylic acids is 2. The van der Waals surface area contributed by atoms with Gasteiger partial charge in [0.2, 0.25) is 0 Å². The largest absolute Gasteiger partial charge is 0.478 e. The van der Waals surface area contributed by atoms with Crippen LogP contribution in [0, 0.1) is 0 Å². The molecule has 2 atom stereocenters. The molecule has 0 bridgehead atoms. The summed E-state index contributed by atoms with van der Waals surface area (Å²) in [5.41, 5.74) is 1.75. The average Bonchev–Trinajstić information content (AvgIpc) is 2.73. The van der Waals surface area contributed by atoms with E-state index in [2.05, 4.69) is 13.5 Å². The van der Waals surface area contributed by atoms with Crippen LogP contribution in [0.1, 0.15) is 66.7 Å². The Balaban J connectivity index is 0.000000445. The van der Waals surface area contributed by atoms with Crippen LogP contribution in [0.3, 0.4) is 0 Å². The molecule has 0 aliphatic carbocycles. The van der Waals surface area contributed by atoms with Crippen molar-refractivity contribution in [3.63, 3.8) is 0 Å². The number of aliphatic hydroxyl groups excluding tert-OH is 2. The lowest BCUT2D eigenvalue weighted by atomic mass is 10.0.